The number of hydrogen-bond donors (Lipinski definition) is 1. The number of likely N-dealkylation sites (tertiary alicyclic amines) is 1. The molecular formula is C15H29N3O. The highest BCUT2D eigenvalue weighted by Crippen LogP contribution is 2.19. The zero-order valence-corrected chi connectivity index (χ0v) is 12.5. The Labute approximate surface area is 117 Å². The molecule has 110 valence electrons. The molecule has 2 rings (SSSR count). The second-order valence-corrected chi connectivity index (χ2v) is 6.41. The highest BCUT2D eigenvalue weighted by atomic mass is 16.2. The van der Waals surface area contributed by atoms with Crippen molar-refractivity contribution in [3.63, 3.8) is 0 Å². The number of carbonyl (C=O) groups is 1. The largest absolute Gasteiger partial charge is 0.335 e. The van der Waals surface area contributed by atoms with E-state index in [-0.39, 0.29) is 6.03 Å². The first-order valence-corrected chi connectivity index (χ1v) is 7.85. The number of nitrogens with one attached hydrogen (secondary N) is 1. The molecule has 0 aromatic heterocycles. The maximum Gasteiger partial charge on any atom is 0.317 e. The third-order valence-electron chi connectivity index (χ3n) is 4.65. The van der Waals surface area contributed by atoms with E-state index in [0.717, 1.165) is 19.4 Å². The molecule has 4 heteroatoms. The van der Waals surface area contributed by atoms with Gasteiger partial charge in [-0.2, -0.15) is 0 Å². The lowest BCUT2D eigenvalue weighted by Gasteiger charge is -2.32. The summed E-state index contributed by atoms with van der Waals surface area (Å²) in [7, 11) is 4.12. The van der Waals surface area contributed by atoms with Crippen molar-refractivity contribution in [2.45, 2.75) is 51.0 Å². The van der Waals surface area contributed by atoms with Gasteiger partial charge in [-0.15, -0.1) is 0 Å². The van der Waals surface area contributed by atoms with Crippen molar-refractivity contribution in [3.8, 4) is 0 Å². The standard InChI is InChI=1S/C15H29N3O/c1-17-10-8-13(9-11-17)12-18(2)15(19)16-14-6-4-3-5-7-14/h13-14H,3-12H2,1-2H3,(H,16,19). The summed E-state index contributed by atoms with van der Waals surface area (Å²) in [6, 6.07) is 0.548. The molecule has 0 atom stereocenters. The van der Waals surface area contributed by atoms with E-state index in [9.17, 15) is 4.79 Å². The van der Waals surface area contributed by atoms with E-state index in [1.54, 1.807) is 0 Å². The summed E-state index contributed by atoms with van der Waals surface area (Å²) in [5, 5.41) is 3.19. The lowest BCUT2D eigenvalue weighted by Crippen LogP contribution is -2.46. The minimum atomic E-state index is 0.130. The van der Waals surface area contributed by atoms with Gasteiger partial charge in [0.15, 0.2) is 0 Å². The van der Waals surface area contributed by atoms with Crippen LogP contribution in [-0.4, -0.2) is 55.6 Å². The minimum absolute atomic E-state index is 0.130. The number of amides is 2. The molecule has 1 saturated carbocycles. The van der Waals surface area contributed by atoms with Crippen LogP contribution in [0.2, 0.25) is 0 Å². The molecule has 0 bridgehead atoms. The van der Waals surface area contributed by atoms with Crippen LogP contribution in [0.25, 0.3) is 0 Å². The Balaban J connectivity index is 1.69. The van der Waals surface area contributed by atoms with E-state index in [1.165, 1.54) is 45.2 Å². The first kappa shape index (κ1) is 14.6. The number of rotatable bonds is 3. The van der Waals surface area contributed by atoms with E-state index in [4.69, 9.17) is 0 Å². The van der Waals surface area contributed by atoms with Crippen LogP contribution in [0.5, 0.6) is 0 Å². The number of hydrogen-bond acceptors (Lipinski definition) is 2. The summed E-state index contributed by atoms with van der Waals surface area (Å²) in [6.45, 7) is 3.25. The molecule has 1 heterocycles. The van der Waals surface area contributed by atoms with Crippen molar-refractivity contribution in [1.82, 2.24) is 15.1 Å². The van der Waals surface area contributed by atoms with E-state index < -0.39 is 0 Å². The molecule has 2 aliphatic rings. The van der Waals surface area contributed by atoms with E-state index in [0.29, 0.717) is 12.0 Å². The number of piperidine rings is 1. The van der Waals surface area contributed by atoms with Gasteiger partial charge in [-0.05, 0) is 51.7 Å². The van der Waals surface area contributed by atoms with Crippen LogP contribution >= 0.6 is 0 Å². The summed E-state index contributed by atoms with van der Waals surface area (Å²) in [4.78, 5) is 16.4. The van der Waals surface area contributed by atoms with Crippen molar-refractivity contribution in [1.29, 1.82) is 0 Å². The van der Waals surface area contributed by atoms with Crippen LogP contribution in [-0.2, 0) is 0 Å². The van der Waals surface area contributed by atoms with Crippen molar-refractivity contribution in [2.24, 2.45) is 5.92 Å². The van der Waals surface area contributed by atoms with Gasteiger partial charge in [0.1, 0.15) is 0 Å². The molecule has 2 amide bonds. The first-order chi connectivity index (χ1) is 9.15. The Bertz CT molecular complexity index is 281. The minimum Gasteiger partial charge on any atom is -0.335 e. The van der Waals surface area contributed by atoms with Crippen LogP contribution in [0.4, 0.5) is 4.79 Å². The Kier molecular flexibility index (Phi) is 5.49. The van der Waals surface area contributed by atoms with Crippen LogP contribution in [0.1, 0.15) is 44.9 Å². The smallest absolute Gasteiger partial charge is 0.317 e. The topological polar surface area (TPSA) is 35.6 Å². The Morgan fingerprint density at radius 2 is 1.79 bits per heavy atom. The molecule has 1 N–H and O–H groups in total. The second kappa shape index (κ2) is 7.13. The molecule has 1 saturated heterocycles. The van der Waals surface area contributed by atoms with Crippen molar-refractivity contribution >= 4 is 6.03 Å². The van der Waals surface area contributed by atoms with Gasteiger partial charge in [0.25, 0.3) is 0 Å². The second-order valence-electron chi connectivity index (χ2n) is 6.41. The fraction of sp³-hybridized carbons (Fsp3) is 0.933. The highest BCUT2D eigenvalue weighted by molar-refractivity contribution is 5.74. The van der Waals surface area contributed by atoms with Gasteiger partial charge in [0, 0.05) is 19.6 Å². The normalized spacial score (nSPS) is 23.3. The van der Waals surface area contributed by atoms with Gasteiger partial charge >= 0.3 is 6.03 Å². The Morgan fingerprint density at radius 1 is 1.16 bits per heavy atom. The first-order valence-electron chi connectivity index (χ1n) is 7.85. The number of carbonyl (C=O) groups excluding carboxylic acids is 1. The zero-order chi connectivity index (χ0) is 13.7. The fourth-order valence-corrected chi connectivity index (χ4v) is 3.25. The molecule has 4 nitrogen and oxygen atoms in total. The molecular weight excluding hydrogens is 238 g/mol. The summed E-state index contributed by atoms with van der Waals surface area (Å²) in [5.41, 5.74) is 0. The molecule has 1 aliphatic carbocycles. The Morgan fingerprint density at radius 3 is 2.42 bits per heavy atom. The van der Waals surface area contributed by atoms with Crippen molar-refractivity contribution in [3.05, 3.63) is 0 Å². The summed E-state index contributed by atoms with van der Waals surface area (Å²) < 4.78 is 0. The van der Waals surface area contributed by atoms with E-state index in [1.807, 2.05) is 11.9 Å². The predicted molar refractivity (Wildman–Crippen MR) is 78.3 cm³/mol. The van der Waals surface area contributed by atoms with E-state index >= 15 is 0 Å². The molecule has 0 aromatic rings. The summed E-state index contributed by atoms with van der Waals surface area (Å²) in [6.07, 6.45) is 8.63. The highest BCUT2D eigenvalue weighted by Gasteiger charge is 2.22. The molecule has 1 aliphatic heterocycles. The van der Waals surface area contributed by atoms with Crippen molar-refractivity contribution < 1.29 is 4.79 Å². The van der Waals surface area contributed by atoms with Crippen LogP contribution in [0.15, 0.2) is 0 Å². The van der Waals surface area contributed by atoms with Gasteiger partial charge in [-0.25, -0.2) is 4.79 Å². The lowest BCUT2D eigenvalue weighted by atomic mass is 9.95. The zero-order valence-electron chi connectivity index (χ0n) is 12.5. The van der Waals surface area contributed by atoms with Crippen LogP contribution < -0.4 is 5.32 Å². The fourth-order valence-electron chi connectivity index (χ4n) is 3.25. The van der Waals surface area contributed by atoms with E-state index in [2.05, 4.69) is 17.3 Å². The maximum absolute atomic E-state index is 12.2. The molecule has 19 heavy (non-hydrogen) atoms. The maximum atomic E-state index is 12.2. The molecule has 0 unspecified atom stereocenters. The quantitative estimate of drug-likeness (QED) is 0.851. The van der Waals surface area contributed by atoms with Gasteiger partial charge in [-0.1, -0.05) is 19.3 Å². The predicted octanol–water partition coefficient (Wildman–Crippen LogP) is 2.30. The third kappa shape index (κ3) is 4.68. The monoisotopic (exact) mass is 267 g/mol. The lowest BCUT2D eigenvalue weighted by molar-refractivity contribution is 0.166. The number of nitrogens with zero attached hydrogens (tertiary/aromatic N) is 2. The summed E-state index contributed by atoms with van der Waals surface area (Å²) >= 11 is 0. The van der Waals surface area contributed by atoms with Gasteiger partial charge in [0.2, 0.25) is 0 Å². The van der Waals surface area contributed by atoms with Crippen molar-refractivity contribution in [2.75, 3.05) is 33.7 Å². The third-order valence-corrected chi connectivity index (χ3v) is 4.65. The van der Waals surface area contributed by atoms with Gasteiger partial charge < -0.3 is 15.1 Å². The Hall–Kier alpha value is -0.770. The number of urea groups is 1. The van der Waals surface area contributed by atoms with Gasteiger partial charge in [-0.3, -0.25) is 0 Å². The molecule has 0 aromatic carbocycles. The SMILES string of the molecule is CN1CCC(CN(C)C(=O)NC2CCCCC2)CC1. The molecule has 0 radical (unpaired) electrons. The van der Waals surface area contributed by atoms with Crippen LogP contribution in [0.3, 0.4) is 0 Å². The molecule has 0 spiro atoms. The van der Waals surface area contributed by atoms with Gasteiger partial charge in [0.05, 0.1) is 0 Å². The molecule has 2 fully saturated rings. The average molecular weight is 267 g/mol. The summed E-state index contributed by atoms with van der Waals surface area (Å²) in [5.74, 6) is 0.679. The average Bonchev–Trinajstić information content (AvgIpc) is 2.42. The van der Waals surface area contributed by atoms with Crippen LogP contribution in [0, 0.1) is 5.92 Å².